The maximum absolute atomic E-state index is 11.8. The largest absolute Gasteiger partial charge is 0.370 e. The van der Waals surface area contributed by atoms with E-state index >= 15 is 0 Å². The molecule has 1 aromatic heterocycles. The van der Waals surface area contributed by atoms with Crippen LogP contribution in [-0.2, 0) is 0 Å². The van der Waals surface area contributed by atoms with Crippen molar-refractivity contribution in [2.24, 2.45) is 10.7 Å². The first-order valence-corrected chi connectivity index (χ1v) is 4.84. The van der Waals surface area contributed by atoms with Gasteiger partial charge in [-0.3, -0.25) is 4.79 Å². The zero-order valence-corrected chi connectivity index (χ0v) is 10.0. The molecule has 4 N–H and O–H groups in total. The Morgan fingerprint density at radius 2 is 2.12 bits per heavy atom. The summed E-state index contributed by atoms with van der Waals surface area (Å²) in [6, 6.07) is 7.54. The maximum atomic E-state index is 11.8. The summed E-state index contributed by atoms with van der Waals surface area (Å²) in [7, 11) is 1.61. The van der Waals surface area contributed by atoms with Crippen LogP contribution in [0.3, 0.4) is 0 Å². The molecular weight excluding hydrogens is 240 g/mol. The van der Waals surface area contributed by atoms with E-state index in [1.807, 2.05) is 24.3 Å². The minimum Gasteiger partial charge on any atom is -0.370 e. The molecule has 0 atom stereocenters. The molecule has 5 nitrogen and oxygen atoms in total. The Kier molecular flexibility index (Phi) is 4.12. The number of nitrogens with one attached hydrogen (secondary N) is 2. The Bertz CT molecular complexity index is 561. The average molecular weight is 253 g/mol. The van der Waals surface area contributed by atoms with Gasteiger partial charge in [0.25, 0.3) is 5.91 Å². The molecule has 0 aliphatic heterocycles. The zero-order chi connectivity index (χ0) is 11.5. The quantitative estimate of drug-likeness (QED) is 0.528. The molecular formula is C11H13ClN4O. The number of H-pyrrole nitrogens is 1. The summed E-state index contributed by atoms with van der Waals surface area (Å²) >= 11 is 0. The molecule has 0 saturated heterocycles. The van der Waals surface area contributed by atoms with Crippen molar-refractivity contribution < 1.29 is 4.79 Å². The van der Waals surface area contributed by atoms with E-state index in [9.17, 15) is 4.79 Å². The van der Waals surface area contributed by atoms with Crippen LogP contribution in [0.25, 0.3) is 10.9 Å². The minimum atomic E-state index is -0.357. The summed E-state index contributed by atoms with van der Waals surface area (Å²) in [6.07, 6.45) is 1.64. The van der Waals surface area contributed by atoms with Gasteiger partial charge in [0, 0.05) is 24.1 Å². The molecule has 1 heterocycles. The van der Waals surface area contributed by atoms with E-state index in [0.29, 0.717) is 5.56 Å². The number of fused-ring (bicyclic) bond motifs is 1. The van der Waals surface area contributed by atoms with E-state index in [1.165, 1.54) is 0 Å². The smallest absolute Gasteiger partial charge is 0.282 e. The number of rotatable bonds is 1. The number of amides is 1. The van der Waals surface area contributed by atoms with Crippen molar-refractivity contribution in [1.82, 2.24) is 10.3 Å². The number of aromatic nitrogens is 1. The molecule has 0 saturated carbocycles. The molecule has 6 heteroatoms. The fraction of sp³-hybridized carbons (Fsp3) is 0.0909. The molecule has 0 fully saturated rings. The van der Waals surface area contributed by atoms with Crippen LogP contribution in [0.15, 0.2) is 35.5 Å². The van der Waals surface area contributed by atoms with Gasteiger partial charge in [-0.2, -0.15) is 4.99 Å². The third-order valence-corrected chi connectivity index (χ3v) is 2.30. The Morgan fingerprint density at radius 1 is 1.41 bits per heavy atom. The maximum Gasteiger partial charge on any atom is 0.282 e. The van der Waals surface area contributed by atoms with Crippen LogP contribution in [0.1, 0.15) is 10.4 Å². The number of carbonyl (C=O) groups excluding carboxylic acids is 1. The van der Waals surface area contributed by atoms with Gasteiger partial charge in [-0.25, -0.2) is 0 Å². The average Bonchev–Trinajstić information content (AvgIpc) is 2.72. The van der Waals surface area contributed by atoms with Gasteiger partial charge in [0.15, 0.2) is 5.96 Å². The lowest BCUT2D eigenvalue weighted by Gasteiger charge is -1.97. The summed E-state index contributed by atoms with van der Waals surface area (Å²) in [5.74, 6) is -0.250. The highest BCUT2D eigenvalue weighted by Crippen LogP contribution is 2.18. The van der Waals surface area contributed by atoms with E-state index in [4.69, 9.17) is 5.73 Å². The lowest BCUT2D eigenvalue weighted by molar-refractivity contribution is 0.100. The molecule has 0 bridgehead atoms. The van der Waals surface area contributed by atoms with Gasteiger partial charge in [0.1, 0.15) is 0 Å². The van der Waals surface area contributed by atoms with Crippen molar-refractivity contribution in [1.29, 1.82) is 0 Å². The van der Waals surface area contributed by atoms with E-state index in [-0.39, 0.29) is 24.3 Å². The lowest BCUT2D eigenvalue weighted by Crippen LogP contribution is -2.28. The van der Waals surface area contributed by atoms with Gasteiger partial charge in [0.2, 0.25) is 0 Å². The second-order valence-corrected chi connectivity index (χ2v) is 3.30. The highest BCUT2D eigenvalue weighted by molar-refractivity contribution is 6.10. The van der Waals surface area contributed by atoms with Gasteiger partial charge in [0.05, 0.1) is 5.56 Å². The van der Waals surface area contributed by atoms with Crippen LogP contribution in [0.2, 0.25) is 0 Å². The fourth-order valence-corrected chi connectivity index (χ4v) is 1.47. The number of guanidine groups is 1. The summed E-state index contributed by atoms with van der Waals surface area (Å²) in [5, 5.41) is 3.45. The Hall–Kier alpha value is -2.01. The molecule has 2 rings (SSSR count). The predicted molar refractivity (Wildman–Crippen MR) is 70.6 cm³/mol. The first-order chi connectivity index (χ1) is 7.72. The third-order valence-electron chi connectivity index (χ3n) is 2.30. The van der Waals surface area contributed by atoms with Gasteiger partial charge >= 0.3 is 0 Å². The lowest BCUT2D eigenvalue weighted by atomic mass is 10.2. The van der Waals surface area contributed by atoms with Crippen LogP contribution < -0.4 is 11.1 Å². The summed E-state index contributed by atoms with van der Waals surface area (Å²) in [6.45, 7) is 0. The molecule has 0 unspecified atom stereocenters. The highest BCUT2D eigenvalue weighted by atomic mass is 35.5. The normalized spacial score (nSPS) is 11.0. The summed E-state index contributed by atoms with van der Waals surface area (Å²) in [5.41, 5.74) is 6.86. The molecule has 0 radical (unpaired) electrons. The SMILES string of the molecule is CNC(N)=NC(=O)c1c[nH]c2ccccc12.Cl. The number of hydrogen-bond acceptors (Lipinski definition) is 1. The van der Waals surface area contributed by atoms with E-state index < -0.39 is 0 Å². The fourth-order valence-electron chi connectivity index (χ4n) is 1.47. The summed E-state index contributed by atoms with van der Waals surface area (Å²) in [4.78, 5) is 18.5. The third kappa shape index (κ3) is 2.57. The van der Waals surface area contributed by atoms with Crippen molar-refractivity contribution in [2.75, 3.05) is 7.05 Å². The van der Waals surface area contributed by atoms with Crippen molar-refractivity contribution in [3.63, 3.8) is 0 Å². The monoisotopic (exact) mass is 252 g/mol. The second-order valence-electron chi connectivity index (χ2n) is 3.30. The number of aliphatic imine (C=N–C) groups is 1. The number of hydrogen-bond donors (Lipinski definition) is 3. The van der Waals surface area contributed by atoms with Gasteiger partial charge < -0.3 is 16.0 Å². The van der Waals surface area contributed by atoms with Crippen molar-refractivity contribution >= 4 is 35.2 Å². The molecule has 0 aliphatic carbocycles. The van der Waals surface area contributed by atoms with Crippen molar-refractivity contribution in [3.8, 4) is 0 Å². The van der Waals surface area contributed by atoms with Gasteiger partial charge in [-0.1, -0.05) is 18.2 Å². The van der Waals surface area contributed by atoms with Crippen molar-refractivity contribution in [2.45, 2.75) is 0 Å². The molecule has 0 spiro atoms. The standard InChI is InChI=1S/C11H12N4O.ClH/c1-13-11(12)15-10(16)8-6-14-9-5-3-2-4-7(8)9;/h2-6,14H,1H3,(H3,12,13,15,16);1H. The molecule has 1 amide bonds. The molecule has 2 aromatic rings. The molecule has 0 aliphatic rings. The highest BCUT2D eigenvalue weighted by Gasteiger charge is 2.10. The van der Waals surface area contributed by atoms with Crippen molar-refractivity contribution in [3.05, 3.63) is 36.0 Å². The number of halogens is 1. The topological polar surface area (TPSA) is 83.3 Å². The van der Waals surface area contributed by atoms with Crippen LogP contribution in [0.4, 0.5) is 0 Å². The van der Waals surface area contributed by atoms with Crippen LogP contribution in [0, 0.1) is 0 Å². The van der Waals surface area contributed by atoms with Gasteiger partial charge in [-0.05, 0) is 6.07 Å². The Labute approximate surface area is 105 Å². The van der Waals surface area contributed by atoms with Crippen LogP contribution >= 0.6 is 12.4 Å². The van der Waals surface area contributed by atoms with E-state index in [2.05, 4.69) is 15.3 Å². The predicted octanol–water partition coefficient (Wildman–Crippen LogP) is 1.26. The molecule has 90 valence electrons. The van der Waals surface area contributed by atoms with Gasteiger partial charge in [-0.15, -0.1) is 12.4 Å². The first-order valence-electron chi connectivity index (χ1n) is 4.84. The molecule has 17 heavy (non-hydrogen) atoms. The number of benzene rings is 1. The second kappa shape index (κ2) is 5.36. The number of nitrogens with two attached hydrogens (primary N) is 1. The Balaban J connectivity index is 0.00000144. The summed E-state index contributed by atoms with van der Waals surface area (Å²) < 4.78 is 0. The van der Waals surface area contributed by atoms with Crippen LogP contribution in [-0.4, -0.2) is 23.9 Å². The Morgan fingerprint density at radius 3 is 2.82 bits per heavy atom. The number of para-hydroxylation sites is 1. The number of nitrogens with zero attached hydrogens (tertiary/aromatic N) is 1. The first kappa shape index (κ1) is 13.1. The van der Waals surface area contributed by atoms with E-state index in [0.717, 1.165) is 10.9 Å². The number of aromatic amines is 1. The van der Waals surface area contributed by atoms with Crippen LogP contribution in [0.5, 0.6) is 0 Å². The van der Waals surface area contributed by atoms with E-state index in [1.54, 1.807) is 13.2 Å². The molecule has 1 aromatic carbocycles. The zero-order valence-electron chi connectivity index (χ0n) is 9.23. The minimum absolute atomic E-state index is 0. The number of carbonyl (C=O) groups is 1.